The van der Waals surface area contributed by atoms with Crippen molar-refractivity contribution in [2.45, 2.75) is 6.18 Å². The summed E-state index contributed by atoms with van der Waals surface area (Å²) in [5.41, 5.74) is 0.371. The van der Waals surface area contributed by atoms with E-state index in [-0.39, 0.29) is 10.7 Å². The maximum absolute atomic E-state index is 13.0. The molecule has 0 spiro atoms. The molecule has 0 fully saturated rings. The number of aryl methyl sites for hydroxylation is 1. The monoisotopic (exact) mass is 363 g/mol. The van der Waals surface area contributed by atoms with Crippen molar-refractivity contribution in [1.29, 1.82) is 5.26 Å². The Morgan fingerprint density at radius 1 is 1.16 bits per heavy atom. The SMILES string of the molecule is Cn1cnnc1-c1cc(C#N)ccc1-c1cc(Cl)nc(C(F)(F)F)c1. The highest BCUT2D eigenvalue weighted by atomic mass is 35.5. The minimum absolute atomic E-state index is 0.217. The zero-order chi connectivity index (χ0) is 18.2. The van der Waals surface area contributed by atoms with Gasteiger partial charge >= 0.3 is 6.18 Å². The van der Waals surface area contributed by atoms with Crippen molar-refractivity contribution >= 4 is 11.6 Å². The summed E-state index contributed by atoms with van der Waals surface area (Å²) in [7, 11) is 1.69. The van der Waals surface area contributed by atoms with E-state index in [1.165, 1.54) is 18.5 Å². The van der Waals surface area contributed by atoms with Crippen molar-refractivity contribution < 1.29 is 13.2 Å². The van der Waals surface area contributed by atoms with Crippen molar-refractivity contribution in [1.82, 2.24) is 19.7 Å². The van der Waals surface area contributed by atoms with Crippen LogP contribution in [-0.2, 0) is 13.2 Å². The fraction of sp³-hybridized carbons (Fsp3) is 0.125. The smallest absolute Gasteiger partial charge is 0.317 e. The van der Waals surface area contributed by atoms with Crippen LogP contribution in [0.3, 0.4) is 0 Å². The van der Waals surface area contributed by atoms with Gasteiger partial charge in [0.05, 0.1) is 11.6 Å². The lowest BCUT2D eigenvalue weighted by atomic mass is 9.97. The molecule has 3 aromatic rings. The number of halogens is 4. The summed E-state index contributed by atoms with van der Waals surface area (Å²) in [6.07, 6.45) is -3.17. The van der Waals surface area contributed by atoms with E-state index >= 15 is 0 Å². The second kappa shape index (κ2) is 6.18. The summed E-state index contributed by atoms with van der Waals surface area (Å²) in [5.74, 6) is 0.411. The molecule has 0 aliphatic rings. The fourth-order valence-corrected chi connectivity index (χ4v) is 2.58. The van der Waals surface area contributed by atoms with Crippen molar-refractivity contribution in [3.8, 4) is 28.6 Å². The number of pyridine rings is 1. The van der Waals surface area contributed by atoms with E-state index in [0.29, 0.717) is 22.5 Å². The van der Waals surface area contributed by atoms with Crippen LogP contribution in [0.25, 0.3) is 22.5 Å². The van der Waals surface area contributed by atoms with E-state index < -0.39 is 11.9 Å². The van der Waals surface area contributed by atoms with E-state index in [4.69, 9.17) is 16.9 Å². The Morgan fingerprint density at radius 3 is 2.52 bits per heavy atom. The number of alkyl halides is 3. The largest absolute Gasteiger partial charge is 0.433 e. The molecule has 0 N–H and O–H groups in total. The molecule has 0 bridgehead atoms. The van der Waals surface area contributed by atoms with E-state index in [2.05, 4.69) is 15.2 Å². The standard InChI is InChI=1S/C16H9ClF3N5/c1-25-8-22-24-15(25)12-4-9(7-21)2-3-11(12)10-5-13(16(18,19)20)23-14(17)6-10/h2-6,8H,1H3. The van der Waals surface area contributed by atoms with Gasteiger partial charge in [0.1, 0.15) is 17.2 Å². The first-order valence-electron chi connectivity index (χ1n) is 6.93. The Labute approximate surface area is 145 Å². The van der Waals surface area contributed by atoms with Gasteiger partial charge in [-0.3, -0.25) is 0 Å². The molecule has 0 aliphatic heterocycles. The van der Waals surface area contributed by atoms with Gasteiger partial charge in [-0.05, 0) is 35.4 Å². The lowest BCUT2D eigenvalue weighted by Crippen LogP contribution is -2.08. The molecule has 25 heavy (non-hydrogen) atoms. The molecular formula is C16H9ClF3N5. The molecule has 0 radical (unpaired) electrons. The summed E-state index contributed by atoms with van der Waals surface area (Å²) >= 11 is 5.78. The Kier molecular flexibility index (Phi) is 4.18. The molecule has 0 unspecified atom stereocenters. The van der Waals surface area contributed by atoms with Gasteiger partial charge in [-0.15, -0.1) is 10.2 Å². The Morgan fingerprint density at radius 2 is 1.92 bits per heavy atom. The lowest BCUT2D eigenvalue weighted by Gasteiger charge is -2.12. The molecule has 9 heteroatoms. The average molecular weight is 364 g/mol. The van der Waals surface area contributed by atoms with E-state index in [1.54, 1.807) is 23.7 Å². The molecule has 0 amide bonds. The summed E-state index contributed by atoms with van der Waals surface area (Å²) in [4.78, 5) is 3.33. The van der Waals surface area contributed by atoms with E-state index in [9.17, 15) is 13.2 Å². The molecule has 2 aromatic heterocycles. The van der Waals surface area contributed by atoms with Crippen molar-refractivity contribution in [3.63, 3.8) is 0 Å². The number of hydrogen-bond donors (Lipinski definition) is 0. The van der Waals surface area contributed by atoms with Crippen LogP contribution in [0.1, 0.15) is 11.3 Å². The number of nitrogens with zero attached hydrogens (tertiary/aromatic N) is 5. The number of hydrogen-bond acceptors (Lipinski definition) is 4. The number of nitriles is 1. The van der Waals surface area contributed by atoms with Crippen LogP contribution in [0.15, 0.2) is 36.7 Å². The van der Waals surface area contributed by atoms with Gasteiger partial charge in [-0.2, -0.15) is 18.4 Å². The molecule has 1 aromatic carbocycles. The van der Waals surface area contributed by atoms with Crippen LogP contribution in [0, 0.1) is 11.3 Å². The minimum atomic E-state index is -4.63. The number of rotatable bonds is 2. The van der Waals surface area contributed by atoms with Crippen LogP contribution in [-0.4, -0.2) is 19.7 Å². The predicted octanol–water partition coefficient (Wildman–Crippen LogP) is 4.09. The summed E-state index contributed by atoms with van der Waals surface area (Å²) in [5, 5.41) is 16.6. The average Bonchev–Trinajstić information content (AvgIpc) is 2.99. The highest BCUT2D eigenvalue weighted by Crippen LogP contribution is 2.36. The van der Waals surface area contributed by atoms with Crippen LogP contribution in [0.5, 0.6) is 0 Å². The van der Waals surface area contributed by atoms with Crippen LogP contribution in [0.4, 0.5) is 13.2 Å². The molecule has 126 valence electrons. The predicted molar refractivity (Wildman–Crippen MR) is 84.4 cm³/mol. The van der Waals surface area contributed by atoms with Gasteiger partial charge < -0.3 is 4.57 Å². The van der Waals surface area contributed by atoms with Gasteiger partial charge in [0.15, 0.2) is 5.82 Å². The highest BCUT2D eigenvalue weighted by Gasteiger charge is 2.33. The minimum Gasteiger partial charge on any atom is -0.317 e. The van der Waals surface area contributed by atoms with Crippen molar-refractivity contribution in [2.24, 2.45) is 7.05 Å². The first-order chi connectivity index (χ1) is 11.8. The van der Waals surface area contributed by atoms with Gasteiger partial charge in [0.2, 0.25) is 0 Å². The normalized spacial score (nSPS) is 11.4. The van der Waals surface area contributed by atoms with Gasteiger partial charge in [0, 0.05) is 12.6 Å². The highest BCUT2D eigenvalue weighted by molar-refractivity contribution is 6.29. The first kappa shape index (κ1) is 16.9. The third-order valence-corrected chi connectivity index (χ3v) is 3.69. The van der Waals surface area contributed by atoms with E-state index in [0.717, 1.165) is 6.07 Å². The second-order valence-electron chi connectivity index (χ2n) is 5.20. The molecular weight excluding hydrogens is 355 g/mol. The summed E-state index contributed by atoms with van der Waals surface area (Å²) in [6.45, 7) is 0. The fourth-order valence-electron chi connectivity index (χ4n) is 2.38. The molecule has 3 rings (SSSR count). The molecule has 0 saturated heterocycles. The van der Waals surface area contributed by atoms with Crippen LogP contribution >= 0.6 is 11.6 Å². The molecule has 2 heterocycles. The second-order valence-corrected chi connectivity index (χ2v) is 5.59. The Hall–Kier alpha value is -2.92. The molecule has 5 nitrogen and oxygen atoms in total. The van der Waals surface area contributed by atoms with Gasteiger partial charge in [-0.25, -0.2) is 4.98 Å². The third-order valence-electron chi connectivity index (χ3n) is 3.50. The quantitative estimate of drug-likeness (QED) is 0.643. The maximum atomic E-state index is 13.0. The number of aromatic nitrogens is 4. The van der Waals surface area contributed by atoms with Crippen LogP contribution < -0.4 is 0 Å². The summed E-state index contributed by atoms with van der Waals surface area (Å²) in [6, 6.07) is 8.84. The topological polar surface area (TPSA) is 67.4 Å². The van der Waals surface area contributed by atoms with Gasteiger partial charge in [0.25, 0.3) is 0 Å². The molecule has 0 atom stereocenters. The lowest BCUT2D eigenvalue weighted by molar-refractivity contribution is -0.141. The van der Waals surface area contributed by atoms with Crippen molar-refractivity contribution in [3.05, 3.63) is 53.1 Å². The maximum Gasteiger partial charge on any atom is 0.433 e. The summed E-state index contributed by atoms with van der Waals surface area (Å²) < 4.78 is 40.7. The van der Waals surface area contributed by atoms with Gasteiger partial charge in [-0.1, -0.05) is 17.7 Å². The van der Waals surface area contributed by atoms with Crippen molar-refractivity contribution in [2.75, 3.05) is 0 Å². The first-order valence-corrected chi connectivity index (χ1v) is 7.31. The molecule has 0 saturated carbocycles. The zero-order valence-electron chi connectivity index (χ0n) is 12.7. The zero-order valence-corrected chi connectivity index (χ0v) is 13.5. The Balaban J connectivity index is 2.27. The third kappa shape index (κ3) is 3.32. The van der Waals surface area contributed by atoms with E-state index in [1.807, 2.05) is 6.07 Å². The Bertz CT molecular complexity index is 988. The van der Waals surface area contributed by atoms with Crippen LogP contribution in [0.2, 0.25) is 5.15 Å². The number of benzene rings is 1. The molecule has 0 aliphatic carbocycles.